The number of rotatable bonds is 5. The van der Waals surface area contributed by atoms with Gasteiger partial charge in [0.1, 0.15) is 6.54 Å². The van der Waals surface area contributed by atoms with E-state index in [-0.39, 0.29) is 17.3 Å². The summed E-state index contributed by atoms with van der Waals surface area (Å²) in [6.45, 7) is -0.584. The molecular weight excluding hydrogens is 341 g/mol. The van der Waals surface area contributed by atoms with E-state index in [0.29, 0.717) is 5.69 Å². The van der Waals surface area contributed by atoms with Crippen LogP contribution in [0.15, 0.2) is 24.3 Å². The van der Waals surface area contributed by atoms with Crippen LogP contribution >= 0.6 is 0 Å². The Hall–Kier alpha value is -2.91. The van der Waals surface area contributed by atoms with E-state index in [2.05, 4.69) is 15.6 Å². The van der Waals surface area contributed by atoms with E-state index < -0.39 is 30.2 Å². The largest absolute Gasteiger partial charge is 0.480 e. The smallest absolute Gasteiger partial charge is 0.416 e. The molecule has 0 aliphatic heterocycles. The Morgan fingerprint density at radius 1 is 1.32 bits per heavy atom. The summed E-state index contributed by atoms with van der Waals surface area (Å²) in [6, 6.07) is 4.56. The third kappa shape index (κ3) is 3.62. The van der Waals surface area contributed by atoms with Crippen LogP contribution in [0.3, 0.4) is 0 Å². The maximum absolute atomic E-state index is 12.9. The third-order valence-corrected chi connectivity index (χ3v) is 3.70. The summed E-state index contributed by atoms with van der Waals surface area (Å²) in [5.74, 6) is -1.98. The van der Waals surface area contributed by atoms with Crippen molar-refractivity contribution >= 4 is 11.9 Å². The minimum absolute atomic E-state index is 0.0462. The van der Waals surface area contributed by atoms with Crippen LogP contribution in [-0.4, -0.2) is 38.5 Å². The molecule has 2 N–H and O–H groups in total. The highest BCUT2D eigenvalue weighted by atomic mass is 19.4. The first kappa shape index (κ1) is 16.9. The van der Waals surface area contributed by atoms with Crippen LogP contribution in [0.25, 0.3) is 5.69 Å². The van der Waals surface area contributed by atoms with Crippen LogP contribution in [0.2, 0.25) is 0 Å². The number of hydrogen-bond donors (Lipinski definition) is 2. The Labute approximate surface area is 139 Å². The number of nitrogens with one attached hydrogen (secondary N) is 1. The highest BCUT2D eigenvalue weighted by molar-refractivity contribution is 5.95. The number of benzene rings is 1. The standard InChI is InChI=1S/C15H13F3N4O3/c16-15(17,18)9-2-1-3-10(6-9)22-13(8-4-5-8)12(20-21-22)14(25)19-7-11(23)24/h1-3,6,8H,4-5,7H2,(H,19,25)(H,23,24). The lowest BCUT2D eigenvalue weighted by atomic mass is 10.1. The van der Waals surface area contributed by atoms with Crippen LogP contribution in [-0.2, 0) is 11.0 Å². The average molecular weight is 354 g/mol. The highest BCUT2D eigenvalue weighted by Crippen LogP contribution is 2.42. The van der Waals surface area contributed by atoms with Gasteiger partial charge in [-0.15, -0.1) is 5.10 Å². The van der Waals surface area contributed by atoms with E-state index in [9.17, 15) is 22.8 Å². The molecule has 1 aliphatic rings. The summed E-state index contributed by atoms with van der Waals surface area (Å²) in [6.07, 6.45) is -2.99. The number of carbonyl (C=O) groups excluding carboxylic acids is 1. The minimum atomic E-state index is -4.50. The van der Waals surface area contributed by atoms with Gasteiger partial charge in [-0.3, -0.25) is 9.59 Å². The predicted molar refractivity (Wildman–Crippen MR) is 78.3 cm³/mol. The Kier molecular flexibility index (Phi) is 4.19. The van der Waals surface area contributed by atoms with Gasteiger partial charge in [-0.25, -0.2) is 4.68 Å². The molecule has 0 unspecified atom stereocenters. The molecule has 0 atom stereocenters. The maximum Gasteiger partial charge on any atom is 0.416 e. The maximum atomic E-state index is 12.9. The van der Waals surface area contributed by atoms with Crippen LogP contribution in [0, 0.1) is 0 Å². The number of amides is 1. The van der Waals surface area contributed by atoms with E-state index in [0.717, 1.165) is 25.0 Å². The van der Waals surface area contributed by atoms with Gasteiger partial charge < -0.3 is 10.4 Å². The van der Waals surface area contributed by atoms with Gasteiger partial charge in [-0.1, -0.05) is 11.3 Å². The highest BCUT2D eigenvalue weighted by Gasteiger charge is 2.35. The van der Waals surface area contributed by atoms with Gasteiger partial charge in [-0.2, -0.15) is 13.2 Å². The Morgan fingerprint density at radius 2 is 2.04 bits per heavy atom. The van der Waals surface area contributed by atoms with E-state index in [4.69, 9.17) is 5.11 Å². The minimum Gasteiger partial charge on any atom is -0.480 e. The van der Waals surface area contributed by atoms with Gasteiger partial charge in [0.25, 0.3) is 5.91 Å². The normalized spacial score (nSPS) is 14.4. The summed E-state index contributed by atoms with van der Waals surface area (Å²) in [5.41, 5.74) is -0.371. The zero-order chi connectivity index (χ0) is 18.2. The molecule has 1 saturated carbocycles. The monoisotopic (exact) mass is 354 g/mol. The number of hydrogen-bond acceptors (Lipinski definition) is 4. The summed E-state index contributed by atoms with van der Waals surface area (Å²) in [5, 5.41) is 18.4. The fourth-order valence-electron chi connectivity index (χ4n) is 2.42. The molecular formula is C15H13F3N4O3. The molecule has 0 spiro atoms. The molecule has 1 aliphatic carbocycles. The van der Waals surface area contributed by atoms with Crippen LogP contribution in [0.5, 0.6) is 0 Å². The topological polar surface area (TPSA) is 97.1 Å². The van der Waals surface area contributed by atoms with Crippen molar-refractivity contribution in [3.05, 3.63) is 41.2 Å². The molecule has 0 saturated heterocycles. The van der Waals surface area contributed by atoms with Gasteiger partial charge in [0.2, 0.25) is 0 Å². The van der Waals surface area contributed by atoms with Gasteiger partial charge in [0.15, 0.2) is 5.69 Å². The molecule has 132 valence electrons. The van der Waals surface area contributed by atoms with Crippen LogP contribution in [0.4, 0.5) is 13.2 Å². The van der Waals surface area contributed by atoms with Crippen LogP contribution in [0.1, 0.15) is 40.5 Å². The molecule has 3 rings (SSSR count). The van der Waals surface area contributed by atoms with E-state index in [1.165, 1.54) is 16.8 Å². The number of nitrogens with zero attached hydrogens (tertiary/aromatic N) is 3. The van der Waals surface area contributed by atoms with Crippen molar-refractivity contribution < 1.29 is 27.9 Å². The van der Waals surface area contributed by atoms with Crippen molar-refractivity contribution in [2.75, 3.05) is 6.54 Å². The number of carbonyl (C=O) groups is 2. The second-order valence-corrected chi connectivity index (χ2v) is 5.63. The number of halogens is 3. The molecule has 10 heteroatoms. The number of carboxylic acids is 1. The molecule has 7 nitrogen and oxygen atoms in total. The number of alkyl halides is 3. The summed E-state index contributed by atoms with van der Waals surface area (Å²) in [7, 11) is 0. The molecule has 1 amide bonds. The molecule has 1 aromatic heterocycles. The Bertz CT molecular complexity index is 828. The van der Waals surface area contributed by atoms with Crippen molar-refractivity contribution in [1.29, 1.82) is 0 Å². The zero-order valence-electron chi connectivity index (χ0n) is 12.7. The van der Waals surface area contributed by atoms with Crippen molar-refractivity contribution in [2.24, 2.45) is 0 Å². The Morgan fingerprint density at radius 3 is 2.64 bits per heavy atom. The molecule has 2 aromatic rings. The molecule has 0 radical (unpaired) electrons. The number of aliphatic carboxylic acids is 1. The zero-order valence-corrected chi connectivity index (χ0v) is 12.7. The van der Waals surface area contributed by atoms with Gasteiger partial charge in [0, 0.05) is 5.92 Å². The first-order valence-electron chi connectivity index (χ1n) is 7.40. The fraction of sp³-hybridized carbons (Fsp3) is 0.333. The lowest BCUT2D eigenvalue weighted by molar-refractivity contribution is -0.138. The predicted octanol–water partition coefficient (Wildman–Crippen LogP) is 1.98. The van der Waals surface area contributed by atoms with Crippen molar-refractivity contribution in [3.8, 4) is 5.69 Å². The third-order valence-electron chi connectivity index (χ3n) is 3.70. The molecule has 0 bridgehead atoms. The van der Waals surface area contributed by atoms with E-state index in [1.54, 1.807) is 0 Å². The van der Waals surface area contributed by atoms with Gasteiger partial charge in [0.05, 0.1) is 16.9 Å². The summed E-state index contributed by atoms with van der Waals surface area (Å²) in [4.78, 5) is 22.7. The van der Waals surface area contributed by atoms with E-state index >= 15 is 0 Å². The first-order valence-corrected chi connectivity index (χ1v) is 7.40. The van der Waals surface area contributed by atoms with Crippen LogP contribution < -0.4 is 5.32 Å². The quantitative estimate of drug-likeness (QED) is 0.856. The summed E-state index contributed by atoms with van der Waals surface area (Å²) >= 11 is 0. The molecule has 25 heavy (non-hydrogen) atoms. The first-order chi connectivity index (χ1) is 11.8. The fourth-order valence-corrected chi connectivity index (χ4v) is 2.42. The molecule has 1 heterocycles. The second kappa shape index (κ2) is 6.19. The van der Waals surface area contributed by atoms with Crippen molar-refractivity contribution in [1.82, 2.24) is 20.3 Å². The average Bonchev–Trinajstić information content (AvgIpc) is 3.30. The second-order valence-electron chi connectivity index (χ2n) is 5.63. The van der Waals surface area contributed by atoms with Crippen molar-refractivity contribution in [3.63, 3.8) is 0 Å². The lowest BCUT2D eigenvalue weighted by Gasteiger charge is -2.10. The number of aromatic nitrogens is 3. The molecule has 1 aromatic carbocycles. The number of carboxylic acid groups (broad SMARTS) is 1. The molecule has 1 fully saturated rings. The summed E-state index contributed by atoms with van der Waals surface area (Å²) < 4.78 is 39.9. The van der Waals surface area contributed by atoms with Gasteiger partial charge in [-0.05, 0) is 31.0 Å². The van der Waals surface area contributed by atoms with E-state index in [1.807, 2.05) is 0 Å². The Balaban J connectivity index is 1.98. The van der Waals surface area contributed by atoms with Crippen molar-refractivity contribution in [2.45, 2.75) is 24.9 Å². The van der Waals surface area contributed by atoms with Gasteiger partial charge >= 0.3 is 12.1 Å². The lowest BCUT2D eigenvalue weighted by Crippen LogP contribution is -2.30. The SMILES string of the molecule is O=C(O)CNC(=O)c1nnn(-c2cccc(C(F)(F)F)c2)c1C1CC1.